The molecule has 2 rings (SSSR count). The minimum Gasteiger partial charge on any atom is -0.455 e. The lowest BCUT2D eigenvalue weighted by Gasteiger charge is -2.27. The molecule has 0 unspecified atom stereocenters. The summed E-state index contributed by atoms with van der Waals surface area (Å²) in [5.74, 6) is -0.241. The number of benzene rings is 1. The Kier molecular flexibility index (Phi) is 8.64. The fourth-order valence-corrected chi connectivity index (χ4v) is 4.52. The van der Waals surface area contributed by atoms with Crippen LogP contribution in [0.3, 0.4) is 0 Å². The second-order valence-electron chi connectivity index (χ2n) is 7.83. The highest BCUT2D eigenvalue weighted by Crippen LogP contribution is 2.32. The Hall–Kier alpha value is -1.93. The summed E-state index contributed by atoms with van der Waals surface area (Å²) < 4.78 is 30.7. The standard InChI is InChI=1S/C21H32N2O5S/c1-4-5-7-16-10-12-17(13-11-16)21(25)28-15-20(24)22-18-8-6-9-19(14-18)29(26,27)23(2)3/h6,8-9,14,16-17H,4-5,7,10-13,15H2,1-3H3,(H,22,24). The van der Waals surface area contributed by atoms with Gasteiger partial charge in [0.2, 0.25) is 10.0 Å². The second kappa shape index (κ2) is 10.7. The minimum atomic E-state index is -3.59. The molecule has 0 spiro atoms. The predicted octanol–water partition coefficient (Wildman–Crippen LogP) is 3.42. The third kappa shape index (κ3) is 6.82. The van der Waals surface area contributed by atoms with Crippen LogP contribution in [-0.4, -0.2) is 45.3 Å². The van der Waals surface area contributed by atoms with E-state index in [0.29, 0.717) is 11.6 Å². The molecule has 1 amide bonds. The molecule has 8 heteroatoms. The Bertz CT molecular complexity index is 799. The average molecular weight is 425 g/mol. The highest BCUT2D eigenvalue weighted by molar-refractivity contribution is 7.89. The molecule has 0 aliphatic heterocycles. The maximum Gasteiger partial charge on any atom is 0.309 e. The smallest absolute Gasteiger partial charge is 0.309 e. The summed E-state index contributed by atoms with van der Waals surface area (Å²) in [4.78, 5) is 24.4. The van der Waals surface area contributed by atoms with Gasteiger partial charge in [0.1, 0.15) is 0 Å². The Balaban J connectivity index is 1.81. The van der Waals surface area contributed by atoms with Gasteiger partial charge in [0.05, 0.1) is 10.8 Å². The molecule has 7 nitrogen and oxygen atoms in total. The summed E-state index contributed by atoms with van der Waals surface area (Å²) in [7, 11) is -0.706. The number of esters is 1. The van der Waals surface area contributed by atoms with Crippen LogP contribution in [0.1, 0.15) is 51.9 Å². The molecule has 0 aromatic heterocycles. The van der Waals surface area contributed by atoms with Gasteiger partial charge in [-0.15, -0.1) is 0 Å². The maximum absolute atomic E-state index is 12.2. The number of hydrogen-bond acceptors (Lipinski definition) is 5. The fourth-order valence-electron chi connectivity index (χ4n) is 3.58. The Morgan fingerprint density at radius 2 is 1.86 bits per heavy atom. The first-order valence-corrected chi connectivity index (χ1v) is 11.7. The number of nitrogens with one attached hydrogen (secondary N) is 1. The van der Waals surface area contributed by atoms with Gasteiger partial charge < -0.3 is 10.1 Å². The largest absolute Gasteiger partial charge is 0.455 e. The van der Waals surface area contributed by atoms with E-state index in [1.807, 2.05) is 0 Å². The number of carbonyl (C=O) groups excluding carboxylic acids is 2. The first kappa shape index (κ1) is 23.3. The van der Waals surface area contributed by atoms with Crippen molar-refractivity contribution < 1.29 is 22.7 Å². The summed E-state index contributed by atoms with van der Waals surface area (Å²) in [6.07, 6.45) is 7.37. The molecular formula is C21H32N2O5S. The van der Waals surface area contributed by atoms with Gasteiger partial charge in [-0.1, -0.05) is 32.3 Å². The number of amides is 1. The van der Waals surface area contributed by atoms with Crippen molar-refractivity contribution in [3.05, 3.63) is 24.3 Å². The topological polar surface area (TPSA) is 92.8 Å². The molecule has 0 atom stereocenters. The van der Waals surface area contributed by atoms with Gasteiger partial charge in [0, 0.05) is 19.8 Å². The van der Waals surface area contributed by atoms with E-state index in [1.165, 1.54) is 45.5 Å². The van der Waals surface area contributed by atoms with Crippen molar-refractivity contribution in [3.8, 4) is 0 Å². The second-order valence-corrected chi connectivity index (χ2v) is 9.98. The van der Waals surface area contributed by atoms with Gasteiger partial charge in [0.25, 0.3) is 5.91 Å². The number of rotatable bonds is 9. The molecule has 1 aromatic carbocycles. The van der Waals surface area contributed by atoms with E-state index in [2.05, 4.69) is 12.2 Å². The third-order valence-electron chi connectivity index (χ3n) is 5.39. The average Bonchev–Trinajstić information content (AvgIpc) is 2.71. The summed E-state index contributed by atoms with van der Waals surface area (Å²) in [6, 6.07) is 5.98. The molecule has 1 aromatic rings. The van der Waals surface area contributed by atoms with E-state index in [9.17, 15) is 18.0 Å². The van der Waals surface area contributed by atoms with Gasteiger partial charge >= 0.3 is 5.97 Å². The molecule has 29 heavy (non-hydrogen) atoms. The van der Waals surface area contributed by atoms with Crippen molar-refractivity contribution in [2.24, 2.45) is 11.8 Å². The number of unbranched alkanes of at least 4 members (excludes halogenated alkanes) is 1. The molecule has 0 bridgehead atoms. The van der Waals surface area contributed by atoms with Crippen LogP contribution in [0.5, 0.6) is 0 Å². The van der Waals surface area contributed by atoms with Gasteiger partial charge in [-0.2, -0.15) is 0 Å². The van der Waals surface area contributed by atoms with Crippen molar-refractivity contribution in [2.75, 3.05) is 26.0 Å². The van der Waals surface area contributed by atoms with Crippen LogP contribution in [0.25, 0.3) is 0 Å². The molecule has 162 valence electrons. The first-order chi connectivity index (χ1) is 13.7. The lowest BCUT2D eigenvalue weighted by molar-refractivity contribution is -0.152. The van der Waals surface area contributed by atoms with E-state index in [-0.39, 0.29) is 23.4 Å². The monoisotopic (exact) mass is 424 g/mol. The summed E-state index contributed by atoms with van der Waals surface area (Å²) >= 11 is 0. The van der Waals surface area contributed by atoms with Gasteiger partial charge in [-0.25, -0.2) is 12.7 Å². The van der Waals surface area contributed by atoms with Crippen LogP contribution in [-0.2, 0) is 24.3 Å². The zero-order valence-corrected chi connectivity index (χ0v) is 18.3. The number of nitrogens with zero attached hydrogens (tertiary/aromatic N) is 1. The van der Waals surface area contributed by atoms with E-state index in [4.69, 9.17) is 4.74 Å². The van der Waals surface area contributed by atoms with Crippen molar-refractivity contribution in [2.45, 2.75) is 56.8 Å². The Morgan fingerprint density at radius 1 is 1.17 bits per heavy atom. The number of anilines is 1. The van der Waals surface area contributed by atoms with Crippen LogP contribution in [0.4, 0.5) is 5.69 Å². The van der Waals surface area contributed by atoms with Gasteiger partial charge in [-0.05, 0) is 49.8 Å². The molecule has 0 heterocycles. The van der Waals surface area contributed by atoms with Crippen LogP contribution in [0.2, 0.25) is 0 Å². The number of sulfonamides is 1. The lowest BCUT2D eigenvalue weighted by Crippen LogP contribution is -2.27. The lowest BCUT2D eigenvalue weighted by atomic mass is 9.80. The van der Waals surface area contributed by atoms with E-state index in [0.717, 1.165) is 30.0 Å². The van der Waals surface area contributed by atoms with Crippen molar-refractivity contribution in [1.29, 1.82) is 0 Å². The van der Waals surface area contributed by atoms with Gasteiger partial charge in [0.15, 0.2) is 6.61 Å². The van der Waals surface area contributed by atoms with Crippen LogP contribution in [0, 0.1) is 11.8 Å². The van der Waals surface area contributed by atoms with E-state index in [1.54, 1.807) is 12.1 Å². The number of hydrogen-bond donors (Lipinski definition) is 1. The zero-order chi connectivity index (χ0) is 21.4. The van der Waals surface area contributed by atoms with E-state index < -0.39 is 15.9 Å². The number of ether oxygens (including phenoxy) is 1. The minimum absolute atomic E-state index is 0.0807. The Morgan fingerprint density at radius 3 is 2.48 bits per heavy atom. The SMILES string of the molecule is CCCCC1CCC(C(=O)OCC(=O)Nc2cccc(S(=O)(=O)N(C)C)c2)CC1. The highest BCUT2D eigenvalue weighted by atomic mass is 32.2. The van der Waals surface area contributed by atoms with Crippen molar-refractivity contribution >= 4 is 27.6 Å². The molecule has 1 saturated carbocycles. The molecular weight excluding hydrogens is 392 g/mol. The summed E-state index contributed by atoms with van der Waals surface area (Å²) in [6.45, 7) is 1.81. The van der Waals surface area contributed by atoms with Crippen molar-refractivity contribution in [1.82, 2.24) is 4.31 Å². The highest BCUT2D eigenvalue weighted by Gasteiger charge is 2.27. The summed E-state index contributed by atoms with van der Waals surface area (Å²) in [5.41, 5.74) is 0.338. The Labute approximate surface area is 173 Å². The van der Waals surface area contributed by atoms with Crippen LogP contribution < -0.4 is 5.32 Å². The maximum atomic E-state index is 12.2. The molecule has 1 fully saturated rings. The van der Waals surface area contributed by atoms with Crippen LogP contribution >= 0.6 is 0 Å². The zero-order valence-electron chi connectivity index (χ0n) is 17.5. The molecule has 0 radical (unpaired) electrons. The molecule has 1 aliphatic rings. The quantitative estimate of drug-likeness (QED) is 0.613. The third-order valence-corrected chi connectivity index (χ3v) is 7.20. The molecule has 1 N–H and O–H groups in total. The number of carbonyl (C=O) groups is 2. The van der Waals surface area contributed by atoms with Gasteiger partial charge in [-0.3, -0.25) is 9.59 Å². The molecule has 1 aliphatic carbocycles. The van der Waals surface area contributed by atoms with E-state index >= 15 is 0 Å². The van der Waals surface area contributed by atoms with Crippen LogP contribution in [0.15, 0.2) is 29.2 Å². The first-order valence-electron chi connectivity index (χ1n) is 10.2. The molecule has 0 saturated heterocycles. The fraction of sp³-hybridized carbons (Fsp3) is 0.619. The summed E-state index contributed by atoms with van der Waals surface area (Å²) in [5, 5.41) is 2.58. The van der Waals surface area contributed by atoms with Crippen molar-refractivity contribution in [3.63, 3.8) is 0 Å². The predicted molar refractivity (Wildman–Crippen MR) is 112 cm³/mol. The normalized spacial score (nSPS) is 19.7.